The number of imidazole rings is 1. The molecule has 1 aromatic heterocycles. The van der Waals surface area contributed by atoms with Crippen LogP contribution in [-0.2, 0) is 10.0 Å². The molecular weight excluding hydrogens is 252 g/mol. The molecule has 0 radical (unpaired) electrons. The van der Waals surface area contributed by atoms with Gasteiger partial charge in [-0.2, -0.15) is 0 Å². The van der Waals surface area contributed by atoms with Crippen LogP contribution in [0.15, 0.2) is 11.2 Å². The van der Waals surface area contributed by atoms with Gasteiger partial charge in [-0.15, -0.1) is 0 Å². The highest BCUT2D eigenvalue weighted by molar-refractivity contribution is 7.89. The summed E-state index contributed by atoms with van der Waals surface area (Å²) in [5.74, 6) is 0.596. The molecule has 6 nitrogen and oxygen atoms in total. The predicted molar refractivity (Wildman–Crippen MR) is 68.7 cm³/mol. The minimum atomic E-state index is -3.50. The first kappa shape index (κ1) is 13.5. The lowest BCUT2D eigenvalue weighted by Gasteiger charge is -2.29. The number of H-pyrrole nitrogens is 1. The topological polar surface area (TPSA) is 86.9 Å². The number of sulfonamides is 1. The summed E-state index contributed by atoms with van der Waals surface area (Å²) in [7, 11) is -3.50. The molecule has 0 saturated carbocycles. The Balaban J connectivity index is 2.03. The first-order valence-corrected chi connectivity index (χ1v) is 7.75. The highest BCUT2D eigenvalue weighted by Crippen LogP contribution is 2.13. The molecule has 7 heteroatoms. The molecule has 0 aliphatic carbocycles. The number of nitrogens with zero attached hydrogens (tertiary/aromatic N) is 1. The molecule has 2 heterocycles. The highest BCUT2D eigenvalue weighted by Gasteiger charge is 2.25. The normalized spacial score (nSPS) is 22.9. The molecule has 1 saturated heterocycles. The van der Waals surface area contributed by atoms with E-state index in [0.29, 0.717) is 5.82 Å². The quantitative estimate of drug-likeness (QED) is 0.746. The highest BCUT2D eigenvalue weighted by atomic mass is 32.2. The molecule has 1 aliphatic heterocycles. The summed E-state index contributed by atoms with van der Waals surface area (Å²) in [6.07, 6.45) is 4.66. The van der Waals surface area contributed by atoms with Crippen LogP contribution < -0.4 is 10.0 Å². The van der Waals surface area contributed by atoms with Crippen LogP contribution >= 0.6 is 0 Å². The second-order valence-electron chi connectivity index (χ2n) is 4.80. The zero-order valence-corrected chi connectivity index (χ0v) is 11.5. The van der Waals surface area contributed by atoms with Crippen molar-refractivity contribution in [1.82, 2.24) is 20.0 Å². The van der Waals surface area contributed by atoms with E-state index in [0.717, 1.165) is 25.8 Å². The third kappa shape index (κ3) is 3.09. The molecule has 102 valence electrons. The average molecular weight is 272 g/mol. The van der Waals surface area contributed by atoms with Crippen LogP contribution in [0.3, 0.4) is 0 Å². The third-order valence-electron chi connectivity index (χ3n) is 3.26. The van der Waals surface area contributed by atoms with Gasteiger partial charge >= 0.3 is 0 Å². The van der Waals surface area contributed by atoms with Crippen molar-refractivity contribution in [3.8, 4) is 0 Å². The molecule has 1 aliphatic rings. The Hall–Kier alpha value is -0.920. The maximum atomic E-state index is 12.1. The minimum Gasteiger partial charge on any atom is -0.332 e. The molecule has 0 aromatic carbocycles. The summed E-state index contributed by atoms with van der Waals surface area (Å²) in [4.78, 5) is 6.65. The van der Waals surface area contributed by atoms with E-state index in [4.69, 9.17) is 0 Å². The van der Waals surface area contributed by atoms with Gasteiger partial charge in [-0.1, -0.05) is 6.42 Å². The largest absolute Gasteiger partial charge is 0.332 e. The Kier molecular flexibility index (Phi) is 4.04. The molecule has 2 unspecified atom stereocenters. The van der Waals surface area contributed by atoms with Crippen molar-refractivity contribution < 1.29 is 8.42 Å². The van der Waals surface area contributed by atoms with Gasteiger partial charge in [0.05, 0.1) is 6.20 Å². The maximum absolute atomic E-state index is 12.1. The lowest BCUT2D eigenvalue weighted by Crippen LogP contribution is -2.50. The first-order chi connectivity index (χ1) is 8.49. The molecule has 0 spiro atoms. The number of hydrogen-bond donors (Lipinski definition) is 3. The van der Waals surface area contributed by atoms with E-state index in [1.54, 1.807) is 6.92 Å². The number of piperidine rings is 1. The Bertz CT molecular complexity index is 491. The lowest BCUT2D eigenvalue weighted by molar-refractivity contribution is 0.347. The van der Waals surface area contributed by atoms with E-state index in [9.17, 15) is 8.42 Å². The van der Waals surface area contributed by atoms with Gasteiger partial charge in [0.15, 0.2) is 5.03 Å². The van der Waals surface area contributed by atoms with Gasteiger partial charge < -0.3 is 10.3 Å². The zero-order chi connectivity index (χ0) is 13.2. The Labute approximate surface area is 108 Å². The van der Waals surface area contributed by atoms with Crippen LogP contribution in [0.25, 0.3) is 0 Å². The summed E-state index contributed by atoms with van der Waals surface area (Å²) in [5.41, 5.74) is 0. The van der Waals surface area contributed by atoms with Gasteiger partial charge in [0.2, 0.25) is 0 Å². The lowest BCUT2D eigenvalue weighted by atomic mass is 10.00. The van der Waals surface area contributed by atoms with E-state index in [-0.39, 0.29) is 17.1 Å². The van der Waals surface area contributed by atoms with Gasteiger partial charge in [0.1, 0.15) is 5.82 Å². The standard InChI is InChI=1S/C11H20N4O2S/c1-8(10-5-3-4-6-12-10)15-18(16,17)11-7-13-9(2)14-11/h7-8,10,12,15H,3-6H2,1-2H3,(H,13,14). The Morgan fingerprint density at radius 3 is 2.83 bits per heavy atom. The fourth-order valence-corrected chi connectivity index (χ4v) is 3.48. The predicted octanol–water partition coefficient (Wildman–Crippen LogP) is 0.527. The van der Waals surface area contributed by atoms with Gasteiger partial charge in [-0.25, -0.2) is 18.1 Å². The Morgan fingerprint density at radius 2 is 2.28 bits per heavy atom. The molecular formula is C11H20N4O2S. The maximum Gasteiger partial charge on any atom is 0.257 e. The molecule has 0 bridgehead atoms. The van der Waals surface area contributed by atoms with Crippen molar-refractivity contribution in [3.63, 3.8) is 0 Å². The smallest absolute Gasteiger partial charge is 0.257 e. The summed E-state index contributed by atoms with van der Waals surface area (Å²) in [5, 5.41) is 3.47. The average Bonchev–Trinajstić information content (AvgIpc) is 2.77. The second kappa shape index (κ2) is 5.38. The van der Waals surface area contributed by atoms with Crippen LogP contribution in [-0.4, -0.2) is 37.0 Å². The zero-order valence-electron chi connectivity index (χ0n) is 10.7. The number of aromatic nitrogens is 2. The summed E-state index contributed by atoms with van der Waals surface area (Å²) in [6, 6.07) is 0.0800. The number of aromatic amines is 1. The van der Waals surface area contributed by atoms with Crippen molar-refractivity contribution in [3.05, 3.63) is 12.0 Å². The molecule has 1 fully saturated rings. The monoisotopic (exact) mass is 272 g/mol. The molecule has 18 heavy (non-hydrogen) atoms. The number of nitrogens with one attached hydrogen (secondary N) is 3. The molecule has 0 amide bonds. The molecule has 2 atom stereocenters. The van der Waals surface area contributed by atoms with E-state index < -0.39 is 10.0 Å². The third-order valence-corrected chi connectivity index (χ3v) is 4.73. The number of aryl methyl sites for hydroxylation is 1. The van der Waals surface area contributed by atoms with Crippen molar-refractivity contribution in [2.45, 2.75) is 50.2 Å². The first-order valence-electron chi connectivity index (χ1n) is 6.26. The van der Waals surface area contributed by atoms with Crippen molar-refractivity contribution in [2.24, 2.45) is 0 Å². The van der Waals surface area contributed by atoms with E-state index >= 15 is 0 Å². The number of hydrogen-bond acceptors (Lipinski definition) is 4. The molecule has 1 aromatic rings. The van der Waals surface area contributed by atoms with Crippen molar-refractivity contribution in [2.75, 3.05) is 6.54 Å². The summed E-state index contributed by atoms with van der Waals surface area (Å²) >= 11 is 0. The SMILES string of the molecule is Cc1ncc(S(=O)(=O)NC(C)C2CCCCN2)[nH]1. The van der Waals surface area contributed by atoms with E-state index in [1.807, 2.05) is 6.92 Å². The molecule has 2 rings (SSSR count). The summed E-state index contributed by atoms with van der Waals surface area (Å²) < 4.78 is 26.9. The van der Waals surface area contributed by atoms with Crippen LogP contribution in [0.4, 0.5) is 0 Å². The minimum absolute atomic E-state index is 0.126. The fraction of sp³-hybridized carbons (Fsp3) is 0.727. The van der Waals surface area contributed by atoms with E-state index in [2.05, 4.69) is 20.0 Å². The van der Waals surface area contributed by atoms with E-state index in [1.165, 1.54) is 6.20 Å². The second-order valence-corrected chi connectivity index (χ2v) is 6.48. The Morgan fingerprint density at radius 1 is 1.50 bits per heavy atom. The van der Waals surface area contributed by atoms with Gasteiger partial charge in [0, 0.05) is 12.1 Å². The van der Waals surface area contributed by atoms with Crippen molar-refractivity contribution in [1.29, 1.82) is 0 Å². The van der Waals surface area contributed by atoms with Crippen LogP contribution in [0, 0.1) is 6.92 Å². The van der Waals surface area contributed by atoms with Crippen LogP contribution in [0.1, 0.15) is 32.0 Å². The summed E-state index contributed by atoms with van der Waals surface area (Å²) in [6.45, 7) is 4.58. The van der Waals surface area contributed by atoms with Crippen molar-refractivity contribution >= 4 is 10.0 Å². The van der Waals surface area contributed by atoms with Gasteiger partial charge in [-0.05, 0) is 33.2 Å². The van der Waals surface area contributed by atoms with Crippen LogP contribution in [0.2, 0.25) is 0 Å². The number of rotatable bonds is 4. The van der Waals surface area contributed by atoms with Crippen LogP contribution in [0.5, 0.6) is 0 Å². The molecule has 3 N–H and O–H groups in total. The van der Waals surface area contributed by atoms with Gasteiger partial charge in [0.25, 0.3) is 10.0 Å². The van der Waals surface area contributed by atoms with Gasteiger partial charge in [-0.3, -0.25) is 0 Å². The fourth-order valence-electron chi connectivity index (χ4n) is 2.23.